The molecule has 6 atom stereocenters. The van der Waals surface area contributed by atoms with Gasteiger partial charge in [0.05, 0.1) is 23.6 Å². The number of nitrogens with two attached hydrogens (primary N) is 1. The summed E-state index contributed by atoms with van der Waals surface area (Å²) in [5.41, 5.74) is 7.01. The minimum Gasteiger partial charge on any atom is -0.506 e. The van der Waals surface area contributed by atoms with Crippen LogP contribution in [0.15, 0.2) is 54.2 Å². The lowest BCUT2D eigenvalue weighted by molar-refractivity contribution is -0.112. The summed E-state index contributed by atoms with van der Waals surface area (Å²) in [5, 5.41) is 39.1. The molecular formula is C31H45N3O8. The maximum atomic E-state index is 13.0. The Kier molecular flexibility index (Phi) is 13.1. The van der Waals surface area contributed by atoms with E-state index in [1.165, 1.54) is 26.4 Å². The number of aromatic hydroxyl groups is 2. The minimum atomic E-state index is -0.990. The molecule has 11 heteroatoms. The number of aliphatic hydroxyl groups is 1. The average Bonchev–Trinajstić information content (AvgIpc) is 2.94. The topological polar surface area (TPSA) is 173 Å². The number of carbonyl (C=O) groups is 2. The number of benzene rings is 1. The molecule has 4 unspecified atom stereocenters. The molecular weight excluding hydrogens is 542 g/mol. The highest BCUT2D eigenvalue weighted by atomic mass is 16.6. The molecule has 1 aliphatic rings. The average molecular weight is 588 g/mol. The van der Waals surface area contributed by atoms with E-state index in [0.717, 1.165) is 0 Å². The second kappa shape index (κ2) is 16.0. The van der Waals surface area contributed by atoms with Gasteiger partial charge in [-0.2, -0.15) is 0 Å². The normalized spacial score (nSPS) is 29.3. The van der Waals surface area contributed by atoms with Crippen molar-refractivity contribution in [3.63, 3.8) is 0 Å². The van der Waals surface area contributed by atoms with Gasteiger partial charge in [-0.3, -0.25) is 4.79 Å². The maximum Gasteiger partial charge on any atom is 0.405 e. The summed E-state index contributed by atoms with van der Waals surface area (Å²) in [5.74, 6) is -1.41. The van der Waals surface area contributed by atoms with Crippen molar-refractivity contribution in [2.24, 2.45) is 17.6 Å². The van der Waals surface area contributed by atoms with Gasteiger partial charge in [-0.15, -0.1) is 6.58 Å². The first kappa shape index (κ1) is 34.4. The number of anilines is 2. The highest BCUT2D eigenvalue weighted by Gasteiger charge is 2.30. The van der Waals surface area contributed by atoms with E-state index in [1.54, 1.807) is 38.2 Å². The number of methoxy groups -OCH3 is 2. The van der Waals surface area contributed by atoms with E-state index in [0.29, 0.717) is 41.8 Å². The number of phenolic OH excluding ortho intramolecular Hbond substituents is 2. The highest BCUT2D eigenvalue weighted by molar-refractivity contribution is 6.04. The number of hydrogen-bond donors (Lipinski definition) is 6. The van der Waals surface area contributed by atoms with Crippen molar-refractivity contribution in [2.75, 3.05) is 31.4 Å². The second-order valence-electron chi connectivity index (χ2n) is 10.6. The number of carbonyl (C=O) groups excluding carboxylic acids is 2. The van der Waals surface area contributed by atoms with Crippen LogP contribution in [0, 0.1) is 11.8 Å². The van der Waals surface area contributed by atoms with Crippen molar-refractivity contribution >= 4 is 23.4 Å². The SMILES string of the molecule is C=CCNc1c(O)cc2c(O)c1CC(C)CC(OC)[C@H](O)[C@@H](C)/C=C(\C)C(OC(N)=O)C(OC)/C=C\C=C(/C)C(=O)N2. The molecule has 1 heterocycles. The Labute approximate surface area is 247 Å². The third-order valence-corrected chi connectivity index (χ3v) is 7.25. The lowest BCUT2D eigenvalue weighted by Crippen LogP contribution is -2.37. The second-order valence-corrected chi connectivity index (χ2v) is 10.6. The number of primary amides is 1. The Bertz CT molecular complexity index is 1210. The lowest BCUT2D eigenvalue weighted by atomic mass is 9.87. The van der Waals surface area contributed by atoms with Crippen molar-refractivity contribution < 1.29 is 39.1 Å². The first-order chi connectivity index (χ1) is 19.8. The van der Waals surface area contributed by atoms with E-state index in [1.807, 2.05) is 13.8 Å². The quantitative estimate of drug-likeness (QED) is 0.162. The summed E-state index contributed by atoms with van der Waals surface area (Å²) < 4.78 is 16.6. The van der Waals surface area contributed by atoms with Crippen LogP contribution in [0.4, 0.5) is 16.2 Å². The zero-order chi connectivity index (χ0) is 31.6. The van der Waals surface area contributed by atoms with Crippen LogP contribution in [-0.4, -0.2) is 72.5 Å². The summed E-state index contributed by atoms with van der Waals surface area (Å²) in [6, 6.07) is 1.28. The van der Waals surface area contributed by atoms with E-state index in [2.05, 4.69) is 17.2 Å². The number of aliphatic hydroxyl groups excluding tert-OH is 1. The fourth-order valence-electron chi connectivity index (χ4n) is 4.98. The molecule has 0 saturated carbocycles. The van der Waals surface area contributed by atoms with Crippen molar-refractivity contribution in [1.82, 2.24) is 0 Å². The van der Waals surface area contributed by atoms with E-state index in [4.69, 9.17) is 19.9 Å². The van der Waals surface area contributed by atoms with Gasteiger partial charge in [0.25, 0.3) is 5.91 Å². The first-order valence-electron chi connectivity index (χ1n) is 13.8. The molecule has 1 aromatic carbocycles. The van der Waals surface area contributed by atoms with Crippen LogP contribution in [0.3, 0.4) is 0 Å². The number of hydrogen-bond acceptors (Lipinski definition) is 9. The van der Waals surface area contributed by atoms with Crippen LogP contribution in [0.25, 0.3) is 0 Å². The zero-order valence-corrected chi connectivity index (χ0v) is 25.2. The molecule has 232 valence electrons. The number of fused-ring (bicyclic) bond motifs is 2. The van der Waals surface area contributed by atoms with Gasteiger partial charge >= 0.3 is 6.09 Å². The predicted molar refractivity (Wildman–Crippen MR) is 162 cm³/mol. The monoisotopic (exact) mass is 587 g/mol. The van der Waals surface area contributed by atoms with Gasteiger partial charge in [0, 0.05) is 43.9 Å². The summed E-state index contributed by atoms with van der Waals surface area (Å²) >= 11 is 0. The molecule has 7 N–H and O–H groups in total. The van der Waals surface area contributed by atoms with E-state index >= 15 is 0 Å². The molecule has 2 rings (SSSR count). The Morgan fingerprint density at radius 1 is 1.24 bits per heavy atom. The van der Waals surface area contributed by atoms with Crippen LogP contribution in [-0.2, 0) is 25.4 Å². The van der Waals surface area contributed by atoms with Crippen LogP contribution < -0.4 is 16.4 Å². The number of phenols is 2. The fraction of sp³-hybridized carbons (Fsp3) is 0.484. The van der Waals surface area contributed by atoms with Crippen LogP contribution in [0.2, 0.25) is 0 Å². The Hall–Kier alpha value is -3.80. The number of nitrogens with one attached hydrogen (secondary N) is 2. The summed E-state index contributed by atoms with van der Waals surface area (Å²) in [7, 11) is 2.95. The smallest absolute Gasteiger partial charge is 0.405 e. The number of rotatable bonds is 6. The summed E-state index contributed by atoms with van der Waals surface area (Å²) in [6.07, 6.45) is 4.64. The van der Waals surface area contributed by atoms with Crippen LogP contribution in [0.5, 0.6) is 11.5 Å². The molecule has 1 aliphatic heterocycles. The van der Waals surface area contributed by atoms with Crippen LogP contribution >= 0.6 is 0 Å². The third-order valence-electron chi connectivity index (χ3n) is 7.25. The Morgan fingerprint density at radius 2 is 1.93 bits per heavy atom. The molecule has 0 aliphatic carbocycles. The van der Waals surface area contributed by atoms with E-state index in [9.17, 15) is 24.9 Å². The summed E-state index contributed by atoms with van der Waals surface area (Å²) in [6.45, 7) is 11.1. The molecule has 0 radical (unpaired) electrons. The van der Waals surface area contributed by atoms with Gasteiger partial charge in [0.2, 0.25) is 0 Å². The molecule has 11 nitrogen and oxygen atoms in total. The van der Waals surface area contributed by atoms with Gasteiger partial charge in [-0.05, 0) is 38.2 Å². The molecule has 0 fully saturated rings. The van der Waals surface area contributed by atoms with Gasteiger partial charge in [0.1, 0.15) is 17.6 Å². The van der Waals surface area contributed by atoms with Crippen molar-refractivity contribution in [1.29, 1.82) is 0 Å². The predicted octanol–water partition coefficient (Wildman–Crippen LogP) is 4.16. The molecule has 1 aromatic rings. The lowest BCUT2D eigenvalue weighted by Gasteiger charge is -2.29. The number of allylic oxidation sites excluding steroid dienone is 2. The largest absolute Gasteiger partial charge is 0.506 e. The van der Waals surface area contributed by atoms with Crippen molar-refractivity contribution in [3.8, 4) is 11.5 Å². The Balaban J connectivity index is 2.67. The molecule has 2 bridgehead atoms. The third kappa shape index (κ3) is 9.10. The maximum absolute atomic E-state index is 13.0. The van der Waals surface area contributed by atoms with Crippen molar-refractivity contribution in [2.45, 2.75) is 65.0 Å². The van der Waals surface area contributed by atoms with E-state index in [-0.39, 0.29) is 23.1 Å². The van der Waals surface area contributed by atoms with Gasteiger partial charge in [0.15, 0.2) is 6.10 Å². The van der Waals surface area contributed by atoms with Gasteiger partial charge in [-0.1, -0.05) is 44.2 Å². The zero-order valence-electron chi connectivity index (χ0n) is 25.2. The standard InChI is InChI=1S/C31H45N3O8/c1-8-12-33-26-21-13-17(2)14-25(41-7)27(36)19(4)15-20(5)29(42-31(32)39)24(40-6)11-9-10-18(3)30(38)34-22(28(21)37)16-23(26)35/h8-11,15-17,19,24-25,27,29,33,35-37H,1,12-14H2,2-7H3,(H2,32,39)(H,34,38)/b11-9-,18-10+,20-15+/t17?,19-,24?,25?,27+,29?/m0/s1. The van der Waals surface area contributed by atoms with Crippen LogP contribution in [0.1, 0.15) is 39.7 Å². The fourth-order valence-corrected chi connectivity index (χ4v) is 4.98. The molecule has 0 spiro atoms. The molecule has 0 aromatic heterocycles. The first-order valence-corrected chi connectivity index (χ1v) is 13.8. The van der Waals surface area contributed by atoms with Crippen molar-refractivity contribution in [3.05, 3.63) is 59.7 Å². The Morgan fingerprint density at radius 3 is 2.52 bits per heavy atom. The highest BCUT2D eigenvalue weighted by Crippen LogP contribution is 2.42. The number of amides is 2. The molecule has 0 saturated heterocycles. The number of ether oxygens (including phenoxy) is 3. The van der Waals surface area contributed by atoms with Gasteiger partial charge in [-0.25, -0.2) is 4.79 Å². The molecule has 42 heavy (non-hydrogen) atoms. The van der Waals surface area contributed by atoms with E-state index < -0.39 is 42.3 Å². The summed E-state index contributed by atoms with van der Waals surface area (Å²) in [4.78, 5) is 24.7. The minimum absolute atomic E-state index is 0.0416. The molecule has 2 amide bonds. The van der Waals surface area contributed by atoms with Gasteiger partial charge < -0.3 is 45.9 Å².